The van der Waals surface area contributed by atoms with Gasteiger partial charge in [-0.15, -0.1) is 11.8 Å². The van der Waals surface area contributed by atoms with Crippen molar-refractivity contribution in [1.82, 2.24) is 9.97 Å². The van der Waals surface area contributed by atoms with Crippen LogP contribution >= 0.6 is 11.8 Å². The summed E-state index contributed by atoms with van der Waals surface area (Å²) in [5, 5.41) is 11.6. The second kappa shape index (κ2) is 7.57. The first kappa shape index (κ1) is 16.0. The fourth-order valence-electron chi connectivity index (χ4n) is 1.83. The molecule has 1 aromatic heterocycles. The van der Waals surface area contributed by atoms with Crippen LogP contribution in [0.5, 0.6) is 0 Å². The van der Waals surface area contributed by atoms with E-state index in [0.29, 0.717) is 12.2 Å². The van der Waals surface area contributed by atoms with Crippen LogP contribution in [0, 0.1) is 18.3 Å². The lowest BCUT2D eigenvalue weighted by Crippen LogP contribution is -2.25. The molecule has 1 N–H and O–H groups in total. The Morgan fingerprint density at radius 3 is 2.77 bits per heavy atom. The predicted molar refractivity (Wildman–Crippen MR) is 86.5 cm³/mol. The van der Waals surface area contributed by atoms with E-state index < -0.39 is 0 Å². The summed E-state index contributed by atoms with van der Waals surface area (Å²) >= 11 is 1.50. The maximum atomic E-state index is 12.4. The third kappa shape index (κ3) is 4.06. The Morgan fingerprint density at radius 2 is 2.14 bits per heavy atom. The van der Waals surface area contributed by atoms with Gasteiger partial charge in [-0.25, -0.2) is 9.97 Å². The maximum Gasteiger partial charge on any atom is 0.239 e. The van der Waals surface area contributed by atoms with Crippen LogP contribution in [-0.4, -0.2) is 21.1 Å². The Balaban J connectivity index is 2.13. The minimum absolute atomic E-state index is 0.161. The number of rotatable bonds is 5. The lowest BCUT2D eigenvalue weighted by Gasteiger charge is -2.15. The Bertz CT molecular complexity index is 697. The number of nitriles is 1. The molecule has 0 spiro atoms. The van der Waals surface area contributed by atoms with Gasteiger partial charge in [0.25, 0.3) is 0 Å². The molecule has 1 atom stereocenters. The number of carbonyl (C=O) groups excluding carboxylic acids is 1. The van der Waals surface area contributed by atoms with Crippen LogP contribution < -0.4 is 5.32 Å². The van der Waals surface area contributed by atoms with Gasteiger partial charge in [-0.2, -0.15) is 5.26 Å². The van der Waals surface area contributed by atoms with Crippen LogP contribution in [0.4, 0.5) is 5.82 Å². The lowest BCUT2D eigenvalue weighted by molar-refractivity contribution is -0.115. The standard InChI is InChI=1S/C16H16N4OS/c1-3-14(22-13-7-5-4-6-8-13)16(21)20-15-12(9-17)10-18-11(2)19-15/h4-8,10,14H,3H2,1-2H3,(H,18,19,20,21)/t14-/m1/s1. The van der Waals surface area contributed by atoms with Crippen molar-refractivity contribution < 1.29 is 4.79 Å². The van der Waals surface area contributed by atoms with Crippen LogP contribution in [0.15, 0.2) is 41.4 Å². The van der Waals surface area contributed by atoms with Gasteiger partial charge in [0.15, 0.2) is 5.82 Å². The number of anilines is 1. The fourth-order valence-corrected chi connectivity index (χ4v) is 2.81. The van der Waals surface area contributed by atoms with Gasteiger partial charge in [0.05, 0.1) is 11.4 Å². The van der Waals surface area contributed by atoms with Gasteiger partial charge in [-0.3, -0.25) is 4.79 Å². The van der Waals surface area contributed by atoms with E-state index in [9.17, 15) is 4.79 Å². The molecule has 1 heterocycles. The molecule has 2 aromatic rings. The third-order valence-electron chi connectivity index (χ3n) is 2.96. The van der Waals surface area contributed by atoms with Gasteiger partial charge < -0.3 is 5.32 Å². The number of nitrogens with zero attached hydrogens (tertiary/aromatic N) is 3. The van der Waals surface area contributed by atoms with Crippen LogP contribution in [-0.2, 0) is 4.79 Å². The van der Waals surface area contributed by atoms with E-state index in [-0.39, 0.29) is 22.5 Å². The van der Waals surface area contributed by atoms with Crippen molar-refractivity contribution in [3.05, 3.63) is 47.9 Å². The number of carbonyl (C=O) groups is 1. The average Bonchev–Trinajstić information content (AvgIpc) is 2.53. The average molecular weight is 312 g/mol. The summed E-state index contributed by atoms with van der Waals surface area (Å²) < 4.78 is 0. The highest BCUT2D eigenvalue weighted by molar-refractivity contribution is 8.00. The van der Waals surface area contributed by atoms with E-state index >= 15 is 0 Å². The zero-order valence-corrected chi connectivity index (χ0v) is 13.2. The molecular weight excluding hydrogens is 296 g/mol. The van der Waals surface area contributed by atoms with Crippen molar-refractivity contribution in [1.29, 1.82) is 5.26 Å². The highest BCUT2D eigenvalue weighted by Gasteiger charge is 2.19. The third-order valence-corrected chi connectivity index (χ3v) is 4.33. The van der Waals surface area contributed by atoms with Gasteiger partial charge in [-0.1, -0.05) is 25.1 Å². The summed E-state index contributed by atoms with van der Waals surface area (Å²) in [7, 11) is 0. The van der Waals surface area contributed by atoms with Crippen molar-refractivity contribution in [2.75, 3.05) is 5.32 Å². The number of amides is 1. The number of hydrogen-bond acceptors (Lipinski definition) is 5. The molecule has 2 rings (SSSR count). The quantitative estimate of drug-likeness (QED) is 0.858. The molecule has 0 aliphatic heterocycles. The first-order chi connectivity index (χ1) is 10.6. The van der Waals surface area contributed by atoms with E-state index in [0.717, 1.165) is 4.90 Å². The monoisotopic (exact) mass is 312 g/mol. The molecule has 0 saturated heterocycles. The van der Waals surface area contributed by atoms with E-state index in [1.807, 2.05) is 43.3 Å². The fraction of sp³-hybridized carbons (Fsp3) is 0.250. The number of benzene rings is 1. The van der Waals surface area contributed by atoms with Crippen LogP contribution in [0.2, 0.25) is 0 Å². The topological polar surface area (TPSA) is 78.7 Å². The number of aromatic nitrogens is 2. The zero-order valence-electron chi connectivity index (χ0n) is 12.4. The number of nitrogens with one attached hydrogen (secondary N) is 1. The smallest absolute Gasteiger partial charge is 0.239 e. The van der Waals surface area contributed by atoms with Crippen molar-refractivity contribution >= 4 is 23.5 Å². The van der Waals surface area contributed by atoms with Crippen molar-refractivity contribution in [3.63, 3.8) is 0 Å². The molecule has 0 aliphatic rings. The van der Waals surface area contributed by atoms with Crippen LogP contribution in [0.3, 0.4) is 0 Å². The highest BCUT2D eigenvalue weighted by atomic mass is 32.2. The van der Waals surface area contributed by atoms with Crippen LogP contribution in [0.1, 0.15) is 24.7 Å². The predicted octanol–water partition coefficient (Wildman–Crippen LogP) is 3.17. The molecule has 0 fully saturated rings. The minimum Gasteiger partial charge on any atom is -0.308 e. The first-order valence-corrected chi connectivity index (χ1v) is 7.78. The van der Waals surface area contributed by atoms with Crippen molar-refractivity contribution in [3.8, 4) is 6.07 Å². The molecular formula is C16H16N4OS. The first-order valence-electron chi connectivity index (χ1n) is 6.90. The van der Waals surface area contributed by atoms with E-state index in [2.05, 4.69) is 15.3 Å². The highest BCUT2D eigenvalue weighted by Crippen LogP contribution is 2.26. The van der Waals surface area contributed by atoms with Gasteiger partial charge in [0, 0.05) is 4.90 Å². The van der Waals surface area contributed by atoms with Crippen molar-refractivity contribution in [2.45, 2.75) is 30.4 Å². The van der Waals surface area contributed by atoms with Gasteiger partial charge in [0.1, 0.15) is 17.5 Å². The molecule has 1 amide bonds. The molecule has 5 nitrogen and oxygen atoms in total. The number of thioether (sulfide) groups is 1. The molecule has 0 unspecified atom stereocenters. The second-order valence-corrected chi connectivity index (χ2v) is 5.88. The normalized spacial score (nSPS) is 11.5. The van der Waals surface area contributed by atoms with Crippen LogP contribution in [0.25, 0.3) is 0 Å². The SMILES string of the molecule is CC[C@@H](Sc1ccccc1)C(=O)Nc1nc(C)ncc1C#N. The molecule has 1 aromatic carbocycles. The summed E-state index contributed by atoms with van der Waals surface area (Å²) in [5.74, 6) is 0.621. The lowest BCUT2D eigenvalue weighted by atomic mass is 10.3. The summed E-state index contributed by atoms with van der Waals surface area (Å²) in [6, 6.07) is 11.7. The summed E-state index contributed by atoms with van der Waals surface area (Å²) in [4.78, 5) is 21.6. The summed E-state index contributed by atoms with van der Waals surface area (Å²) in [6.07, 6.45) is 2.10. The number of aryl methyl sites for hydroxylation is 1. The maximum absolute atomic E-state index is 12.4. The van der Waals surface area contributed by atoms with E-state index in [1.165, 1.54) is 18.0 Å². The summed E-state index contributed by atoms with van der Waals surface area (Å²) in [6.45, 7) is 3.67. The Kier molecular flexibility index (Phi) is 5.50. The molecule has 6 heteroatoms. The molecule has 0 radical (unpaired) electrons. The molecule has 0 bridgehead atoms. The van der Waals surface area contributed by atoms with Crippen molar-refractivity contribution in [2.24, 2.45) is 0 Å². The molecule has 0 saturated carbocycles. The van der Waals surface area contributed by atoms with Gasteiger partial charge in [-0.05, 0) is 25.5 Å². The minimum atomic E-state index is -0.246. The number of hydrogen-bond donors (Lipinski definition) is 1. The largest absolute Gasteiger partial charge is 0.308 e. The molecule has 22 heavy (non-hydrogen) atoms. The Labute approximate surface area is 133 Å². The van der Waals surface area contributed by atoms with Gasteiger partial charge >= 0.3 is 0 Å². The summed E-state index contributed by atoms with van der Waals surface area (Å²) in [5.41, 5.74) is 0.263. The molecule has 0 aliphatic carbocycles. The Morgan fingerprint density at radius 1 is 1.41 bits per heavy atom. The van der Waals surface area contributed by atoms with E-state index in [1.54, 1.807) is 6.92 Å². The van der Waals surface area contributed by atoms with Gasteiger partial charge in [0.2, 0.25) is 5.91 Å². The Hall–Kier alpha value is -2.39. The van der Waals surface area contributed by atoms with E-state index in [4.69, 9.17) is 5.26 Å². The zero-order chi connectivity index (χ0) is 15.9. The molecule has 112 valence electrons. The second-order valence-electron chi connectivity index (χ2n) is 4.61.